The molecule has 1 heterocycles. The summed E-state index contributed by atoms with van der Waals surface area (Å²) in [4.78, 5) is 29.2. The number of ether oxygens (including phenoxy) is 2. The number of aliphatic hydroxyl groups excluding tert-OH is 1. The highest BCUT2D eigenvalue weighted by atomic mass is 35.5. The molecule has 3 aromatic carbocycles. The molecule has 1 N–H and O–H groups in total. The summed E-state index contributed by atoms with van der Waals surface area (Å²) >= 11 is 6.33. The molecule has 266 valence electrons. The van der Waals surface area contributed by atoms with Crippen LogP contribution in [0.25, 0.3) is 0 Å². The van der Waals surface area contributed by atoms with Crippen molar-refractivity contribution in [2.75, 3.05) is 6.54 Å². The lowest BCUT2D eigenvalue weighted by atomic mass is 9.64. The molecule has 6 nitrogen and oxygen atoms in total. The number of amides is 1. The number of halogens is 5. The van der Waals surface area contributed by atoms with Crippen molar-refractivity contribution >= 4 is 23.5 Å². The van der Waals surface area contributed by atoms with Crippen molar-refractivity contribution in [3.63, 3.8) is 0 Å². The Morgan fingerprint density at radius 3 is 2.58 bits per heavy atom. The number of allylic oxidation sites excluding steroid dienone is 2. The van der Waals surface area contributed by atoms with Gasteiger partial charge in [0.15, 0.2) is 5.78 Å². The van der Waals surface area contributed by atoms with Crippen molar-refractivity contribution in [3.05, 3.63) is 111 Å². The van der Waals surface area contributed by atoms with Gasteiger partial charge in [-0.05, 0) is 105 Å². The van der Waals surface area contributed by atoms with Gasteiger partial charge in [-0.25, -0.2) is 9.18 Å². The molecule has 0 radical (unpaired) electrons. The quantitative estimate of drug-likeness (QED) is 0.157. The molecule has 0 unspecified atom stereocenters. The second-order valence-electron chi connectivity index (χ2n) is 14.1. The minimum atomic E-state index is -4.81. The third kappa shape index (κ3) is 7.42. The van der Waals surface area contributed by atoms with Gasteiger partial charge in [0.2, 0.25) is 0 Å². The van der Waals surface area contributed by atoms with E-state index >= 15 is 0 Å². The molecule has 1 saturated carbocycles. The maximum absolute atomic E-state index is 14.9. The van der Waals surface area contributed by atoms with Crippen molar-refractivity contribution < 1.29 is 41.7 Å². The van der Waals surface area contributed by atoms with E-state index in [1.54, 1.807) is 11.0 Å². The lowest BCUT2D eigenvalue weighted by Crippen LogP contribution is -2.48. The fraction of sp³-hybridized carbons (Fsp3) is 0.436. The van der Waals surface area contributed by atoms with Crippen LogP contribution in [-0.2, 0) is 24.1 Å². The molecule has 4 atom stereocenters. The number of nitrogens with zero attached hydrogens (tertiary/aromatic N) is 1. The molecule has 0 aromatic heterocycles. The van der Waals surface area contributed by atoms with Crippen LogP contribution in [0.5, 0.6) is 5.75 Å². The van der Waals surface area contributed by atoms with Gasteiger partial charge in [-0.2, -0.15) is 0 Å². The Morgan fingerprint density at radius 1 is 1.10 bits per heavy atom. The van der Waals surface area contributed by atoms with E-state index in [0.29, 0.717) is 56.1 Å². The molecule has 1 amide bonds. The van der Waals surface area contributed by atoms with Crippen molar-refractivity contribution in [3.8, 4) is 5.75 Å². The van der Waals surface area contributed by atoms with Crippen LogP contribution < -0.4 is 4.74 Å². The van der Waals surface area contributed by atoms with Crippen molar-refractivity contribution in [2.45, 2.75) is 95.7 Å². The third-order valence-corrected chi connectivity index (χ3v) is 11.2. The highest BCUT2D eigenvalue weighted by Gasteiger charge is 2.64. The number of ketones is 1. The largest absolute Gasteiger partial charge is 0.573 e. The number of carbonyl (C=O) groups is 2. The highest BCUT2D eigenvalue weighted by Crippen LogP contribution is 2.62. The predicted molar refractivity (Wildman–Crippen MR) is 181 cm³/mol. The van der Waals surface area contributed by atoms with E-state index < -0.39 is 35.4 Å². The van der Waals surface area contributed by atoms with Gasteiger partial charge < -0.3 is 14.6 Å². The molecule has 1 aliphatic heterocycles. The minimum absolute atomic E-state index is 0.120. The molecule has 11 heteroatoms. The summed E-state index contributed by atoms with van der Waals surface area (Å²) in [6.45, 7) is 4.56. The van der Waals surface area contributed by atoms with Gasteiger partial charge in [0.05, 0.1) is 12.6 Å². The fourth-order valence-electron chi connectivity index (χ4n) is 8.12. The van der Waals surface area contributed by atoms with E-state index in [9.17, 15) is 32.3 Å². The van der Waals surface area contributed by atoms with Crippen LogP contribution >= 0.6 is 11.6 Å². The summed E-state index contributed by atoms with van der Waals surface area (Å²) in [5.41, 5.74) is 2.38. The lowest BCUT2D eigenvalue weighted by molar-refractivity contribution is -0.274. The standard InChI is InChI=1S/C39H40ClF4NO5/c1-24-5-4-17-37(2)32(16-18-38(37)23-45(36(48)50-38)22-25-9-13-28(14-10-25)49-39(42,43)44)29-15-11-26(19-27(46)12-8-24)20-30(29)35(47)21-31-33(40)6-3-7-34(31)41/h3,5-7,9-11,13-15,20,27,32,46H,4,8,12,16-19,21-23H2,1-2H3/t27-,32-,37-,38+/m0/s1. The van der Waals surface area contributed by atoms with Crippen LogP contribution in [0.1, 0.15) is 90.9 Å². The Bertz CT molecular complexity index is 1770. The van der Waals surface area contributed by atoms with Gasteiger partial charge in [0.25, 0.3) is 0 Å². The van der Waals surface area contributed by atoms with E-state index in [-0.39, 0.29) is 47.5 Å². The van der Waals surface area contributed by atoms with Gasteiger partial charge >= 0.3 is 12.5 Å². The number of rotatable bonds is 6. The summed E-state index contributed by atoms with van der Waals surface area (Å²) < 4.78 is 63.2. The summed E-state index contributed by atoms with van der Waals surface area (Å²) in [6.07, 6.45) is 0.0891. The zero-order valence-corrected chi connectivity index (χ0v) is 28.7. The summed E-state index contributed by atoms with van der Waals surface area (Å²) in [6, 6.07) is 15.4. The number of alkyl halides is 3. The molecule has 50 heavy (non-hydrogen) atoms. The van der Waals surface area contributed by atoms with Crippen molar-refractivity contribution in [1.29, 1.82) is 0 Å². The van der Waals surface area contributed by atoms with E-state index in [1.807, 2.05) is 25.1 Å². The lowest BCUT2D eigenvalue weighted by Gasteiger charge is -2.43. The topological polar surface area (TPSA) is 76.1 Å². The molecule has 1 spiro atoms. The molecule has 2 bridgehead atoms. The average Bonchev–Trinajstić information content (AvgIpc) is 3.51. The normalized spacial score (nSPS) is 25.6. The SMILES string of the molecule is CC1=CCC[C@@]2(C)[C@@H](CC[C@@]23CN(Cc2ccc(OC(F)(F)F)cc2)C(=O)O3)c2ccc(cc2C(=O)Cc2c(F)cccc2Cl)C[C@@H](O)CC1. The Morgan fingerprint density at radius 2 is 1.86 bits per heavy atom. The van der Waals surface area contributed by atoms with Gasteiger partial charge in [-0.15, -0.1) is 13.2 Å². The molecular formula is C39H40ClF4NO5. The summed E-state index contributed by atoms with van der Waals surface area (Å²) in [7, 11) is 0. The number of Topliss-reactive ketones (excluding diaryl/α,β-unsaturated/α-hetero) is 1. The monoisotopic (exact) mass is 713 g/mol. The molecule has 3 aromatic rings. The zero-order chi connectivity index (χ0) is 35.8. The predicted octanol–water partition coefficient (Wildman–Crippen LogP) is 9.50. The second kappa shape index (κ2) is 14.0. The fourth-order valence-corrected chi connectivity index (χ4v) is 8.35. The number of benzene rings is 3. The minimum Gasteiger partial charge on any atom is -0.440 e. The molecular weight excluding hydrogens is 674 g/mol. The summed E-state index contributed by atoms with van der Waals surface area (Å²) in [5, 5.41) is 11.0. The Kier molecular flexibility index (Phi) is 10.1. The zero-order valence-electron chi connectivity index (χ0n) is 28.0. The van der Waals surface area contributed by atoms with Crippen LogP contribution in [0.2, 0.25) is 5.02 Å². The molecule has 3 aliphatic carbocycles. The van der Waals surface area contributed by atoms with Gasteiger partial charge in [-0.1, -0.05) is 60.5 Å². The first-order valence-electron chi connectivity index (χ1n) is 16.9. The van der Waals surface area contributed by atoms with E-state index in [1.165, 1.54) is 36.4 Å². The van der Waals surface area contributed by atoms with Gasteiger partial charge in [0, 0.05) is 34.5 Å². The van der Waals surface area contributed by atoms with Crippen molar-refractivity contribution in [2.24, 2.45) is 5.41 Å². The van der Waals surface area contributed by atoms with Gasteiger partial charge in [-0.3, -0.25) is 9.69 Å². The number of hydrogen-bond donors (Lipinski definition) is 1. The van der Waals surface area contributed by atoms with Crippen LogP contribution in [0.3, 0.4) is 0 Å². The van der Waals surface area contributed by atoms with Crippen LogP contribution in [0.4, 0.5) is 22.4 Å². The first-order valence-corrected chi connectivity index (χ1v) is 17.3. The maximum atomic E-state index is 14.9. The number of aliphatic hydroxyl groups is 1. The first-order chi connectivity index (χ1) is 23.7. The van der Waals surface area contributed by atoms with E-state index in [2.05, 4.69) is 17.7 Å². The van der Waals surface area contributed by atoms with Crippen LogP contribution in [0.15, 0.2) is 72.3 Å². The number of fused-ring (bicyclic) bond motifs is 8. The second-order valence-corrected chi connectivity index (χ2v) is 14.5. The highest BCUT2D eigenvalue weighted by molar-refractivity contribution is 6.31. The summed E-state index contributed by atoms with van der Waals surface area (Å²) in [5.74, 6) is -1.41. The maximum Gasteiger partial charge on any atom is 0.573 e. The van der Waals surface area contributed by atoms with Gasteiger partial charge in [0.1, 0.15) is 17.2 Å². The number of carbonyl (C=O) groups excluding carboxylic acids is 2. The van der Waals surface area contributed by atoms with Crippen LogP contribution in [0, 0.1) is 11.2 Å². The molecule has 4 aliphatic rings. The third-order valence-electron chi connectivity index (χ3n) is 10.9. The van der Waals surface area contributed by atoms with E-state index in [0.717, 1.165) is 16.7 Å². The Hall–Kier alpha value is -3.89. The molecule has 2 fully saturated rings. The van der Waals surface area contributed by atoms with E-state index in [4.69, 9.17) is 16.3 Å². The number of hydrogen-bond acceptors (Lipinski definition) is 5. The van der Waals surface area contributed by atoms with Crippen LogP contribution in [-0.4, -0.2) is 46.5 Å². The molecule has 1 saturated heterocycles. The Labute approximate surface area is 294 Å². The molecule has 7 rings (SSSR count). The average molecular weight is 714 g/mol. The Balaban J connectivity index is 1.35. The first kappa shape index (κ1) is 35.9. The van der Waals surface area contributed by atoms with Crippen molar-refractivity contribution in [1.82, 2.24) is 4.90 Å². The smallest absolute Gasteiger partial charge is 0.440 e.